The SMILES string of the molecule is O=C(COc1c(F)c(F)c(F)c(F)c1F)Oc1ccc2c(c1)O/C(=C\c1ccc(Br)cc1)C2=O. The van der Waals surface area contributed by atoms with Gasteiger partial charge in [-0.05, 0) is 35.9 Å². The molecule has 0 spiro atoms. The molecule has 0 amide bonds. The van der Waals surface area contributed by atoms with Crippen molar-refractivity contribution in [3.8, 4) is 17.2 Å². The van der Waals surface area contributed by atoms with Crippen LogP contribution in [0.15, 0.2) is 52.7 Å². The second-order valence-electron chi connectivity index (χ2n) is 6.81. The largest absolute Gasteiger partial charge is 0.476 e. The Morgan fingerprint density at radius 3 is 2.18 bits per heavy atom. The van der Waals surface area contributed by atoms with E-state index >= 15 is 0 Å². The van der Waals surface area contributed by atoms with E-state index in [9.17, 15) is 31.5 Å². The molecule has 1 heterocycles. The van der Waals surface area contributed by atoms with Gasteiger partial charge in [0.1, 0.15) is 11.5 Å². The van der Waals surface area contributed by atoms with Crippen molar-refractivity contribution < 1.29 is 45.8 Å². The molecule has 0 saturated carbocycles. The first-order valence-corrected chi connectivity index (χ1v) is 10.1. The summed E-state index contributed by atoms with van der Waals surface area (Å²) in [5, 5.41) is 0. The van der Waals surface area contributed by atoms with E-state index in [-0.39, 0.29) is 22.8 Å². The average molecular weight is 541 g/mol. The molecule has 0 unspecified atom stereocenters. The van der Waals surface area contributed by atoms with Gasteiger partial charge in [0, 0.05) is 10.5 Å². The lowest BCUT2D eigenvalue weighted by molar-refractivity contribution is -0.136. The summed E-state index contributed by atoms with van der Waals surface area (Å²) in [6, 6.07) is 10.9. The summed E-state index contributed by atoms with van der Waals surface area (Å²) < 4.78 is 82.5. The second-order valence-corrected chi connectivity index (χ2v) is 7.73. The minimum atomic E-state index is -2.36. The Hall–Kier alpha value is -3.73. The Morgan fingerprint density at radius 1 is 0.912 bits per heavy atom. The van der Waals surface area contributed by atoms with Crippen molar-refractivity contribution in [2.45, 2.75) is 0 Å². The predicted molar refractivity (Wildman–Crippen MR) is 111 cm³/mol. The van der Waals surface area contributed by atoms with Crippen molar-refractivity contribution in [1.82, 2.24) is 0 Å². The Morgan fingerprint density at radius 2 is 1.53 bits per heavy atom. The first kappa shape index (κ1) is 23.4. The van der Waals surface area contributed by atoms with Gasteiger partial charge in [0.05, 0.1) is 5.56 Å². The molecule has 0 aromatic heterocycles. The molecule has 0 bridgehead atoms. The molecular weight excluding hydrogens is 531 g/mol. The van der Waals surface area contributed by atoms with E-state index in [1.165, 1.54) is 24.3 Å². The van der Waals surface area contributed by atoms with E-state index in [0.29, 0.717) is 5.56 Å². The summed E-state index contributed by atoms with van der Waals surface area (Å²) in [5.74, 6) is -14.4. The number of rotatable bonds is 5. The first-order valence-electron chi connectivity index (χ1n) is 9.34. The van der Waals surface area contributed by atoms with Gasteiger partial charge < -0.3 is 14.2 Å². The van der Waals surface area contributed by atoms with Gasteiger partial charge in [0.2, 0.25) is 34.9 Å². The number of Topliss-reactive ketones (excluding diaryl/α,β-unsaturated/α-hetero) is 1. The number of esters is 1. The third-order valence-corrected chi connectivity index (χ3v) is 5.07. The highest BCUT2D eigenvalue weighted by Crippen LogP contribution is 2.35. The van der Waals surface area contributed by atoms with Crippen LogP contribution in [0.25, 0.3) is 6.08 Å². The van der Waals surface area contributed by atoms with Crippen LogP contribution in [0.3, 0.4) is 0 Å². The Bertz CT molecular complexity index is 1330. The number of carbonyl (C=O) groups excluding carboxylic acids is 2. The molecule has 174 valence electrons. The minimum Gasteiger partial charge on any atom is -0.476 e. The number of ether oxygens (including phenoxy) is 3. The van der Waals surface area contributed by atoms with Crippen LogP contribution in [0.4, 0.5) is 22.0 Å². The van der Waals surface area contributed by atoms with Gasteiger partial charge in [-0.25, -0.2) is 18.0 Å². The molecule has 11 heteroatoms. The van der Waals surface area contributed by atoms with Crippen molar-refractivity contribution in [3.63, 3.8) is 0 Å². The van der Waals surface area contributed by atoms with Crippen LogP contribution in [-0.4, -0.2) is 18.4 Å². The van der Waals surface area contributed by atoms with E-state index in [1.807, 2.05) is 0 Å². The molecule has 1 aliphatic heterocycles. The summed E-state index contributed by atoms with van der Waals surface area (Å²) in [6.07, 6.45) is 1.53. The molecule has 0 N–H and O–H groups in total. The fourth-order valence-corrected chi connectivity index (χ4v) is 3.21. The summed E-state index contributed by atoms with van der Waals surface area (Å²) in [7, 11) is 0. The standard InChI is InChI=1S/C23H10BrF5O5/c24-11-3-1-10(2-4-11)7-15-22(31)13-6-5-12(8-14(13)34-15)33-16(30)9-32-23-20(28)18(26)17(25)19(27)21(23)29/h1-8H,9H2/b15-7-. The summed E-state index contributed by atoms with van der Waals surface area (Å²) >= 11 is 3.31. The van der Waals surface area contributed by atoms with E-state index in [1.54, 1.807) is 24.3 Å². The maximum atomic E-state index is 13.6. The number of hydrogen-bond acceptors (Lipinski definition) is 5. The molecule has 4 rings (SSSR count). The van der Waals surface area contributed by atoms with E-state index in [2.05, 4.69) is 20.7 Å². The summed E-state index contributed by atoms with van der Waals surface area (Å²) in [5.41, 5.74) is 0.914. The Labute approximate surface area is 196 Å². The number of allylic oxidation sites excluding steroid dienone is 1. The van der Waals surface area contributed by atoms with Gasteiger partial charge in [-0.3, -0.25) is 4.79 Å². The van der Waals surface area contributed by atoms with Gasteiger partial charge in [-0.15, -0.1) is 0 Å². The molecule has 34 heavy (non-hydrogen) atoms. The van der Waals surface area contributed by atoms with Crippen LogP contribution in [0.2, 0.25) is 0 Å². The Balaban J connectivity index is 1.45. The van der Waals surface area contributed by atoms with Gasteiger partial charge in [-0.1, -0.05) is 28.1 Å². The minimum absolute atomic E-state index is 0.0374. The van der Waals surface area contributed by atoms with Gasteiger partial charge in [0.15, 0.2) is 18.1 Å². The molecule has 0 aliphatic carbocycles. The molecule has 3 aromatic carbocycles. The first-order chi connectivity index (χ1) is 16.2. The molecule has 0 fully saturated rings. The fourth-order valence-electron chi connectivity index (χ4n) is 2.94. The summed E-state index contributed by atoms with van der Waals surface area (Å²) in [4.78, 5) is 24.5. The maximum Gasteiger partial charge on any atom is 0.349 e. The van der Waals surface area contributed by atoms with Crippen molar-refractivity contribution in [1.29, 1.82) is 0 Å². The summed E-state index contributed by atoms with van der Waals surface area (Å²) in [6.45, 7) is -1.16. The van der Waals surface area contributed by atoms with Crippen LogP contribution in [0.5, 0.6) is 17.2 Å². The highest BCUT2D eigenvalue weighted by molar-refractivity contribution is 9.10. The maximum absolute atomic E-state index is 13.6. The number of halogens is 6. The molecule has 3 aromatic rings. The Kier molecular flexibility index (Phi) is 6.38. The quantitative estimate of drug-likeness (QED) is 0.103. The number of fused-ring (bicyclic) bond motifs is 1. The van der Waals surface area contributed by atoms with Crippen LogP contribution >= 0.6 is 15.9 Å². The van der Waals surface area contributed by atoms with Crippen molar-refractivity contribution in [3.05, 3.63) is 92.9 Å². The number of benzene rings is 3. The van der Waals surface area contributed by atoms with Crippen LogP contribution in [-0.2, 0) is 4.79 Å². The second kappa shape index (κ2) is 9.26. The molecule has 0 saturated heterocycles. The highest BCUT2D eigenvalue weighted by atomic mass is 79.9. The lowest BCUT2D eigenvalue weighted by Gasteiger charge is -2.10. The van der Waals surface area contributed by atoms with Crippen molar-refractivity contribution >= 4 is 33.8 Å². The molecule has 5 nitrogen and oxygen atoms in total. The smallest absolute Gasteiger partial charge is 0.349 e. The van der Waals surface area contributed by atoms with Crippen LogP contribution in [0, 0.1) is 29.1 Å². The monoisotopic (exact) mass is 540 g/mol. The third kappa shape index (κ3) is 4.51. The van der Waals surface area contributed by atoms with Crippen LogP contribution in [0.1, 0.15) is 15.9 Å². The van der Waals surface area contributed by atoms with E-state index < -0.39 is 53.2 Å². The third-order valence-electron chi connectivity index (χ3n) is 4.54. The van der Waals surface area contributed by atoms with Crippen LogP contribution < -0.4 is 14.2 Å². The fraction of sp³-hybridized carbons (Fsp3) is 0.0435. The zero-order valence-electron chi connectivity index (χ0n) is 16.6. The van der Waals surface area contributed by atoms with Gasteiger partial charge in [-0.2, -0.15) is 8.78 Å². The topological polar surface area (TPSA) is 61.8 Å². The van der Waals surface area contributed by atoms with Gasteiger partial charge >= 0.3 is 5.97 Å². The molecular formula is C23H10BrF5O5. The van der Waals surface area contributed by atoms with Crippen molar-refractivity contribution in [2.75, 3.05) is 6.61 Å². The normalized spacial score (nSPS) is 13.6. The average Bonchev–Trinajstić information content (AvgIpc) is 3.12. The predicted octanol–water partition coefficient (Wildman–Crippen LogP) is 5.75. The van der Waals surface area contributed by atoms with E-state index in [4.69, 9.17) is 9.47 Å². The number of hydrogen-bond donors (Lipinski definition) is 0. The molecule has 1 aliphatic rings. The van der Waals surface area contributed by atoms with Crippen molar-refractivity contribution in [2.24, 2.45) is 0 Å². The van der Waals surface area contributed by atoms with Gasteiger partial charge in [0.25, 0.3) is 0 Å². The number of ketones is 1. The van der Waals surface area contributed by atoms with E-state index in [0.717, 1.165) is 4.47 Å². The lowest BCUT2D eigenvalue weighted by atomic mass is 10.1. The lowest BCUT2D eigenvalue weighted by Crippen LogP contribution is -2.19. The molecule has 0 radical (unpaired) electrons. The molecule has 0 atom stereocenters. The zero-order chi connectivity index (χ0) is 24.6. The number of carbonyl (C=O) groups is 2. The zero-order valence-corrected chi connectivity index (χ0v) is 18.2. The highest BCUT2D eigenvalue weighted by Gasteiger charge is 2.29.